The van der Waals surface area contributed by atoms with E-state index in [1.807, 2.05) is 49.4 Å². The Morgan fingerprint density at radius 1 is 0.606 bits per heavy atom. The number of aliphatic hydroxyl groups is 1. The third-order valence-electron chi connectivity index (χ3n) is 17.5. The monoisotopic (exact) mass is 1460 g/mol. The predicted octanol–water partition coefficient (Wildman–Crippen LogP) is 0.161. The van der Waals surface area contributed by atoms with Gasteiger partial charge in [0.2, 0.25) is 65.0 Å². The van der Waals surface area contributed by atoms with E-state index in [9.17, 15) is 63.0 Å². The molecule has 0 spiro atoms. The van der Waals surface area contributed by atoms with Gasteiger partial charge in [0, 0.05) is 76.7 Å². The molecule has 1 aromatic heterocycles. The molecule has 2 heterocycles. The van der Waals surface area contributed by atoms with Gasteiger partial charge in [-0.05, 0) is 122 Å². The van der Waals surface area contributed by atoms with Crippen molar-refractivity contribution in [3.8, 4) is 5.75 Å². The van der Waals surface area contributed by atoms with Gasteiger partial charge < -0.3 is 90.8 Å². The van der Waals surface area contributed by atoms with Crippen molar-refractivity contribution in [2.24, 2.45) is 27.9 Å². The fourth-order valence-corrected chi connectivity index (χ4v) is 12.0. The van der Waals surface area contributed by atoms with E-state index in [1.165, 1.54) is 62.5 Å². The zero-order chi connectivity index (χ0) is 76.0. The van der Waals surface area contributed by atoms with E-state index in [4.69, 9.17) is 34.5 Å². The summed E-state index contributed by atoms with van der Waals surface area (Å²) in [5.41, 5.74) is 23.9. The number of likely N-dealkylation sites (N-methyl/N-ethyl adjacent to an activating group) is 1. The van der Waals surface area contributed by atoms with Crippen molar-refractivity contribution in [1.29, 1.82) is 0 Å². The number of primary amides is 2. The summed E-state index contributed by atoms with van der Waals surface area (Å²) >= 11 is 6.24. The molecule has 104 heavy (non-hydrogen) atoms. The number of pyridine rings is 1. The Kier molecular flexibility index (Phi) is 32.5. The van der Waals surface area contributed by atoms with Gasteiger partial charge in [0.05, 0.1) is 6.61 Å². The molecule has 1 saturated heterocycles. The second kappa shape index (κ2) is 41.2. The van der Waals surface area contributed by atoms with Gasteiger partial charge in [0.1, 0.15) is 66.2 Å². The highest BCUT2D eigenvalue weighted by Gasteiger charge is 2.41. The molecule has 0 bridgehead atoms. The molecule has 0 radical (unpaired) electrons. The first kappa shape index (κ1) is 82.0. The molecule has 4 aromatic carbocycles. The number of hydrogen-bond acceptors (Lipinski definition) is 16. The topological polar surface area (TPSA) is 489 Å². The highest BCUT2D eigenvalue weighted by atomic mass is 35.5. The highest BCUT2D eigenvalue weighted by Crippen LogP contribution is 2.23. The molecule has 0 aliphatic carbocycles. The van der Waals surface area contributed by atoms with Gasteiger partial charge in [-0.2, -0.15) is 0 Å². The van der Waals surface area contributed by atoms with E-state index in [0.29, 0.717) is 46.5 Å². The number of halogens is 1. The molecule has 19 N–H and O–H groups in total. The van der Waals surface area contributed by atoms with Crippen LogP contribution in [0.15, 0.2) is 121 Å². The van der Waals surface area contributed by atoms with Crippen LogP contribution in [-0.2, 0) is 78.4 Å². The number of hydrogen-bond donors (Lipinski definition) is 15. The van der Waals surface area contributed by atoms with Crippen LogP contribution in [0.5, 0.6) is 5.75 Å². The average Bonchev–Trinajstić information content (AvgIpc) is 1.53. The molecule has 10 atom stereocenters. The lowest BCUT2D eigenvalue weighted by atomic mass is 9.99. The van der Waals surface area contributed by atoms with Crippen molar-refractivity contribution >= 4 is 99.3 Å². The summed E-state index contributed by atoms with van der Waals surface area (Å²) in [6.45, 7) is 3.68. The minimum Gasteiger partial charge on any atom is -0.508 e. The van der Waals surface area contributed by atoms with E-state index in [1.54, 1.807) is 36.4 Å². The first-order valence-corrected chi connectivity index (χ1v) is 34.9. The Morgan fingerprint density at radius 2 is 1.14 bits per heavy atom. The lowest BCUT2D eigenvalue weighted by Gasteiger charge is -2.33. The van der Waals surface area contributed by atoms with Crippen molar-refractivity contribution in [3.63, 3.8) is 0 Å². The number of carbonyl (C=O) groups excluding carboxylic acids is 12. The quantitative estimate of drug-likeness (QED) is 0.0141. The van der Waals surface area contributed by atoms with Crippen molar-refractivity contribution in [2.75, 3.05) is 33.3 Å². The van der Waals surface area contributed by atoms with Crippen LogP contribution < -0.4 is 70.8 Å². The summed E-state index contributed by atoms with van der Waals surface area (Å²) in [6.07, 6.45) is 4.27. The van der Waals surface area contributed by atoms with Gasteiger partial charge in [-0.25, -0.2) is 4.79 Å². The molecule has 31 nitrogen and oxygen atoms in total. The minimum absolute atomic E-state index is 0.0278. The first-order valence-electron chi connectivity index (χ1n) is 34.5. The van der Waals surface area contributed by atoms with Crippen LogP contribution in [0.4, 0.5) is 4.79 Å². The maximum absolute atomic E-state index is 15.1. The SMILES string of the molecule is CCCC[C@H](NC(=O)[C@@H](CCCCNC(N)=O)NC(=O)[C@H](Cc1ccc(O)cc1)N(C)C(=O)[C@H](CO)NC(=O)[C@@H](Cc1cccnc1)NC(=O)[C@@H](Cc1ccc(Cl)cc1)NC(=O)[C@@H](Cc1ccc2ccccc2c1)NC(C)=O)C(=O)N[C@@H](CCCN=C(N)N)C(=O)N1CCC[C@H]1C(=O)N[C@H](C)C(N)=O. The van der Waals surface area contributed by atoms with E-state index in [0.717, 1.165) is 15.7 Å². The molecule has 0 saturated carbocycles. The highest BCUT2D eigenvalue weighted by molar-refractivity contribution is 6.30. The number of likely N-dealkylation sites (tertiary alicyclic amines) is 1. The normalized spacial score (nSPS) is 15.1. The van der Waals surface area contributed by atoms with Crippen LogP contribution >= 0.6 is 11.6 Å². The number of aliphatic hydroxyl groups excluding tert-OH is 1. The Labute approximate surface area is 607 Å². The molecular formula is C72H96ClN17O14. The number of phenols is 1. The Morgan fingerprint density at radius 3 is 1.74 bits per heavy atom. The largest absolute Gasteiger partial charge is 0.508 e. The van der Waals surface area contributed by atoms with Crippen molar-refractivity contribution in [3.05, 3.63) is 143 Å². The lowest BCUT2D eigenvalue weighted by Crippen LogP contribution is -2.61. The number of benzene rings is 4. The lowest BCUT2D eigenvalue weighted by molar-refractivity contribution is -0.144. The Hall–Kier alpha value is -10.9. The molecule has 560 valence electrons. The summed E-state index contributed by atoms with van der Waals surface area (Å²) in [5, 5.41) is 47.6. The van der Waals surface area contributed by atoms with Gasteiger partial charge in [-0.3, -0.25) is 62.7 Å². The molecule has 13 amide bonds. The standard InChI is InChI=1S/C72H96ClN17O14/c1-5-6-17-52(63(96)85-54(19-12-33-79-71(75)76)70(103)90-34-13-20-59(90)67(100)81-42(2)61(74)94)83-62(95)53(18-9-10-32-80-72(77)104)84-68(101)60(39-45-24-29-51(93)30-25-45)89(4)69(102)58(41-91)88-66(99)57(38-47-14-11-31-78-40-47)87-65(98)56(36-44-22-27-50(73)28-23-44)86-64(97)55(82-43(3)92)37-46-21-26-48-15-7-8-16-49(48)35-46/h7-8,11,14-16,21-31,35,40,42,52-60,91,93H,5-6,9-10,12-13,17-20,32-34,36-39,41H2,1-4H3,(H2,74,94)(H,81,100)(H,82,92)(H,83,95)(H,84,101)(H,85,96)(H,86,97)(H,87,98)(H,88,99)(H4,75,76,79)(H3,77,80,104)/t42-,52+,53-,54+,55-,56-,57-,58+,59+,60+/m1/s1. The van der Waals surface area contributed by atoms with Crippen LogP contribution in [0.25, 0.3) is 10.8 Å². The van der Waals surface area contributed by atoms with Gasteiger partial charge in [0.15, 0.2) is 5.96 Å². The Balaban J connectivity index is 1.28. The summed E-state index contributed by atoms with van der Waals surface area (Å²) in [4.78, 5) is 178. The number of unbranched alkanes of at least 4 members (excludes halogenated alkanes) is 2. The molecule has 32 heteroatoms. The third kappa shape index (κ3) is 26.1. The number of guanidine groups is 1. The number of phenolic OH excluding ortho intramolecular Hbond substituents is 1. The predicted molar refractivity (Wildman–Crippen MR) is 388 cm³/mol. The number of aromatic hydroxyl groups is 1. The van der Waals surface area contributed by atoms with Crippen LogP contribution in [0.1, 0.15) is 107 Å². The molecular weight excluding hydrogens is 1360 g/mol. The van der Waals surface area contributed by atoms with Crippen molar-refractivity contribution < 1.29 is 67.7 Å². The van der Waals surface area contributed by atoms with Crippen molar-refractivity contribution in [2.45, 2.75) is 171 Å². The second-order valence-corrected chi connectivity index (χ2v) is 26.1. The number of amides is 13. The van der Waals surface area contributed by atoms with Crippen molar-refractivity contribution in [1.82, 2.24) is 62.6 Å². The van der Waals surface area contributed by atoms with E-state index >= 15 is 4.79 Å². The zero-order valence-electron chi connectivity index (χ0n) is 58.7. The fourth-order valence-electron chi connectivity index (χ4n) is 11.8. The number of nitrogens with two attached hydrogens (primary N) is 4. The number of urea groups is 1. The van der Waals surface area contributed by atoms with Gasteiger partial charge in [0.25, 0.3) is 0 Å². The number of nitrogens with zero attached hydrogens (tertiary/aromatic N) is 4. The number of carbonyl (C=O) groups is 12. The van der Waals surface area contributed by atoms with Gasteiger partial charge in [-0.1, -0.05) is 104 Å². The van der Waals surface area contributed by atoms with Gasteiger partial charge in [-0.15, -0.1) is 0 Å². The maximum Gasteiger partial charge on any atom is 0.312 e. The smallest absolute Gasteiger partial charge is 0.312 e. The number of rotatable bonds is 40. The summed E-state index contributed by atoms with van der Waals surface area (Å²) in [6, 6.07) is 14.0. The molecule has 5 aromatic rings. The zero-order valence-corrected chi connectivity index (χ0v) is 59.5. The number of nitrogens with one attached hydrogen (secondary N) is 9. The van der Waals surface area contributed by atoms with Crippen LogP contribution in [-0.4, -0.2) is 196 Å². The van der Waals surface area contributed by atoms with Crippen LogP contribution in [0.2, 0.25) is 5.02 Å². The van der Waals surface area contributed by atoms with Crippen LogP contribution in [0.3, 0.4) is 0 Å². The molecule has 1 aliphatic heterocycles. The summed E-state index contributed by atoms with van der Waals surface area (Å²) < 4.78 is 0. The fraction of sp³-hybridized carbons (Fsp3) is 0.444. The van der Waals surface area contributed by atoms with E-state index < -0.39 is 138 Å². The minimum atomic E-state index is -1.83. The van der Waals surface area contributed by atoms with Crippen LogP contribution in [0, 0.1) is 0 Å². The molecule has 1 aliphatic rings. The van der Waals surface area contributed by atoms with E-state index in [-0.39, 0.29) is 102 Å². The molecule has 6 rings (SSSR count). The molecule has 1 fully saturated rings. The average molecular weight is 1460 g/mol. The number of fused-ring (bicyclic) bond motifs is 1. The first-order chi connectivity index (χ1) is 49.6. The summed E-state index contributed by atoms with van der Waals surface area (Å²) in [5.74, 6) is -9.21. The third-order valence-corrected chi connectivity index (χ3v) is 17.8. The van der Waals surface area contributed by atoms with E-state index in [2.05, 4.69) is 57.8 Å². The summed E-state index contributed by atoms with van der Waals surface area (Å²) in [7, 11) is 1.22. The number of aliphatic imine (C=N–C) groups is 1. The number of aromatic nitrogens is 1. The second-order valence-electron chi connectivity index (χ2n) is 25.6. The Bertz CT molecular complexity index is 3810. The maximum atomic E-state index is 15.1. The van der Waals surface area contributed by atoms with Gasteiger partial charge >= 0.3 is 6.03 Å². The molecule has 0 unspecified atom stereocenters.